The second-order valence-electron chi connectivity index (χ2n) is 5.34. The Kier molecular flexibility index (Phi) is 6.99. The lowest BCUT2D eigenvalue weighted by atomic mass is 10.2. The van der Waals surface area contributed by atoms with Crippen molar-refractivity contribution in [2.45, 2.75) is 24.9 Å². The monoisotopic (exact) mass is 468 g/mol. The van der Waals surface area contributed by atoms with E-state index in [4.69, 9.17) is 19.4 Å². The molecule has 0 saturated carbocycles. The van der Waals surface area contributed by atoms with Gasteiger partial charge in [0.1, 0.15) is 12.3 Å². The highest BCUT2D eigenvalue weighted by molar-refractivity contribution is 7.66. The molecule has 0 spiro atoms. The predicted octanol–water partition coefficient (Wildman–Crippen LogP) is -1.47. The molecule has 16 nitrogen and oxygen atoms in total. The molecule has 2 rings (SSSR count). The number of rotatable bonds is 8. The van der Waals surface area contributed by atoms with Gasteiger partial charge in [-0.25, -0.2) is 18.5 Å². The third-order valence-corrected chi connectivity index (χ3v) is 6.99. The summed E-state index contributed by atoms with van der Waals surface area (Å²) < 4.78 is 51.0. The van der Waals surface area contributed by atoms with Crippen LogP contribution >= 0.6 is 23.5 Å². The smallest absolute Gasteiger partial charge is 0.390 e. The Morgan fingerprint density at radius 1 is 1.14 bits per heavy atom. The van der Waals surface area contributed by atoms with E-state index in [-0.39, 0.29) is 6.42 Å². The Balaban J connectivity index is 1.99. The van der Waals surface area contributed by atoms with Crippen molar-refractivity contribution in [2.75, 3.05) is 6.61 Å². The van der Waals surface area contributed by atoms with Crippen molar-refractivity contribution in [2.24, 2.45) is 0 Å². The summed E-state index contributed by atoms with van der Waals surface area (Å²) in [5.41, 5.74) is -1.50. The summed E-state index contributed by atoms with van der Waals surface area (Å²) in [6.07, 6.45) is -2.74. The van der Waals surface area contributed by atoms with Gasteiger partial charge >= 0.3 is 29.2 Å². The fraction of sp³-hybridized carbons (Fsp3) is 0.556. The summed E-state index contributed by atoms with van der Waals surface area (Å²) in [6, 6.07) is 1.02. The van der Waals surface area contributed by atoms with Gasteiger partial charge < -0.3 is 29.4 Å². The number of ether oxygens (including phenoxy) is 1. The van der Waals surface area contributed by atoms with Gasteiger partial charge in [0.05, 0.1) is 12.7 Å². The Morgan fingerprint density at radius 3 is 2.36 bits per heavy atom. The molecule has 1 aromatic rings. The zero-order valence-corrected chi connectivity index (χ0v) is 16.2. The zero-order chi connectivity index (χ0) is 21.3. The lowest BCUT2D eigenvalue weighted by Gasteiger charge is -2.19. The fourth-order valence-electron chi connectivity index (χ4n) is 2.16. The van der Waals surface area contributed by atoms with Crippen molar-refractivity contribution in [1.82, 2.24) is 9.55 Å². The number of H-pyrrole nitrogens is 1. The average molecular weight is 468 g/mol. The van der Waals surface area contributed by atoms with Gasteiger partial charge in [0, 0.05) is 18.7 Å². The van der Waals surface area contributed by atoms with E-state index >= 15 is 0 Å². The maximum absolute atomic E-state index is 11.7. The number of nitrogens with zero attached hydrogens (tertiary/aromatic N) is 1. The van der Waals surface area contributed by atoms with Gasteiger partial charge in [0.2, 0.25) is 0 Å². The molecule has 5 atom stereocenters. The lowest BCUT2D eigenvalue weighted by molar-refractivity contribution is -0.0450. The maximum Gasteiger partial charge on any atom is 0.490 e. The molecule has 0 aliphatic carbocycles. The number of aliphatic hydroxyl groups is 1. The summed E-state index contributed by atoms with van der Waals surface area (Å²) in [4.78, 5) is 60.0. The van der Waals surface area contributed by atoms with Crippen LogP contribution in [0.4, 0.5) is 0 Å². The molecule has 0 aromatic carbocycles. The van der Waals surface area contributed by atoms with Gasteiger partial charge in [-0.15, -0.1) is 0 Å². The van der Waals surface area contributed by atoms with Crippen LogP contribution in [0.1, 0.15) is 12.6 Å². The van der Waals surface area contributed by atoms with Crippen LogP contribution in [0.2, 0.25) is 0 Å². The van der Waals surface area contributed by atoms with E-state index in [9.17, 15) is 33.3 Å². The van der Waals surface area contributed by atoms with Crippen molar-refractivity contribution < 1.29 is 56.3 Å². The third kappa shape index (κ3) is 6.81. The summed E-state index contributed by atoms with van der Waals surface area (Å²) in [5, 5.41) is 9.91. The molecule has 1 aliphatic heterocycles. The van der Waals surface area contributed by atoms with E-state index in [2.05, 4.69) is 13.1 Å². The van der Waals surface area contributed by atoms with Crippen LogP contribution in [-0.2, 0) is 31.6 Å². The van der Waals surface area contributed by atoms with E-state index in [0.717, 1.165) is 16.8 Å². The molecular weight excluding hydrogens is 453 g/mol. The number of aromatic amines is 1. The second kappa shape index (κ2) is 8.40. The number of phosphoric ester groups is 1. The number of phosphoric acid groups is 3. The summed E-state index contributed by atoms with van der Waals surface area (Å²) in [5.74, 6) is 0. The largest absolute Gasteiger partial charge is 0.490 e. The highest BCUT2D eigenvalue weighted by atomic mass is 31.3. The number of hydrogen-bond acceptors (Lipinski definition) is 10. The minimum atomic E-state index is -5.67. The van der Waals surface area contributed by atoms with Crippen LogP contribution < -0.4 is 11.2 Å². The standard InChI is InChI=1S/C9H15N2O14P3/c12-5-3-8(11-2-1-7(13)10-9(11)14)23-6(5)4-22-27(18,19)25-28(20,21)24-26(15,16)17/h1-2,5-6,8,12H,3-4H2,(H,18,19)(H,20,21)(H,10,13,14)(H2,15,16,17)/t5-,6+,8-/m1/s1. The number of aromatic nitrogens is 2. The average Bonchev–Trinajstić information content (AvgIpc) is 2.82. The second-order valence-corrected chi connectivity index (χ2v) is 9.76. The van der Waals surface area contributed by atoms with E-state index in [1.807, 2.05) is 4.98 Å². The summed E-state index contributed by atoms with van der Waals surface area (Å²) >= 11 is 0. The first-order valence-electron chi connectivity index (χ1n) is 7.11. The Hall–Kier alpha value is -0.990. The van der Waals surface area contributed by atoms with Crippen LogP contribution in [0, 0.1) is 0 Å². The third-order valence-electron chi connectivity index (χ3n) is 3.18. The Morgan fingerprint density at radius 2 is 1.79 bits per heavy atom. The topological polar surface area (TPSA) is 244 Å². The van der Waals surface area contributed by atoms with E-state index < -0.39 is 59.8 Å². The van der Waals surface area contributed by atoms with Crippen LogP contribution in [0.5, 0.6) is 0 Å². The first kappa shape index (κ1) is 23.3. The summed E-state index contributed by atoms with van der Waals surface area (Å²) in [6.45, 7) is -0.876. The molecule has 1 saturated heterocycles. The molecule has 0 unspecified atom stereocenters. The van der Waals surface area contributed by atoms with Crippen molar-refractivity contribution in [3.8, 4) is 0 Å². The van der Waals surface area contributed by atoms with Gasteiger partial charge in [-0.3, -0.25) is 18.9 Å². The molecule has 28 heavy (non-hydrogen) atoms. The van der Waals surface area contributed by atoms with Crippen LogP contribution in [0.15, 0.2) is 21.9 Å². The van der Waals surface area contributed by atoms with E-state index in [0.29, 0.717) is 0 Å². The molecule has 19 heteroatoms. The normalized spacial score (nSPS) is 27.2. The molecule has 2 heterocycles. The molecule has 1 aromatic heterocycles. The van der Waals surface area contributed by atoms with Gasteiger partial charge in [-0.05, 0) is 0 Å². The Labute approximate surface area is 154 Å². The van der Waals surface area contributed by atoms with Crippen LogP contribution in [0.3, 0.4) is 0 Å². The molecule has 0 radical (unpaired) electrons. The number of hydrogen-bond donors (Lipinski definition) is 6. The molecular formula is C9H15N2O14P3. The Bertz CT molecular complexity index is 965. The zero-order valence-electron chi connectivity index (χ0n) is 13.5. The van der Waals surface area contributed by atoms with Crippen molar-refractivity contribution >= 4 is 23.5 Å². The van der Waals surface area contributed by atoms with Crippen molar-refractivity contribution in [3.63, 3.8) is 0 Å². The molecule has 1 fully saturated rings. The molecule has 0 bridgehead atoms. The first-order chi connectivity index (χ1) is 12.7. The van der Waals surface area contributed by atoms with Crippen LogP contribution in [-0.4, -0.2) is 53.0 Å². The van der Waals surface area contributed by atoms with E-state index in [1.165, 1.54) is 0 Å². The number of nitrogens with one attached hydrogen (secondary N) is 1. The predicted molar refractivity (Wildman–Crippen MR) is 85.7 cm³/mol. The molecule has 1 aliphatic rings. The minimum Gasteiger partial charge on any atom is -0.390 e. The lowest BCUT2D eigenvalue weighted by Crippen LogP contribution is -2.31. The van der Waals surface area contributed by atoms with Crippen molar-refractivity contribution in [3.05, 3.63) is 33.1 Å². The van der Waals surface area contributed by atoms with Gasteiger partial charge in [0.25, 0.3) is 5.56 Å². The van der Waals surface area contributed by atoms with Crippen molar-refractivity contribution in [1.29, 1.82) is 0 Å². The SMILES string of the molecule is O=c1ccn([C@H]2C[C@@H](O)[C@H](CO[P@@](=O)(O)O[P@](=O)(O)OP(=O)(O)O)O2)c(=O)[nH]1. The summed E-state index contributed by atoms with van der Waals surface area (Å²) in [7, 11) is -16.6. The highest BCUT2D eigenvalue weighted by Gasteiger charge is 2.42. The first-order valence-corrected chi connectivity index (χ1v) is 11.6. The molecule has 0 amide bonds. The van der Waals surface area contributed by atoms with Crippen LogP contribution in [0.25, 0.3) is 0 Å². The van der Waals surface area contributed by atoms with Gasteiger partial charge in [-0.2, -0.15) is 8.62 Å². The quantitative estimate of drug-likeness (QED) is 0.239. The van der Waals surface area contributed by atoms with Gasteiger partial charge in [-0.1, -0.05) is 0 Å². The van der Waals surface area contributed by atoms with E-state index in [1.54, 1.807) is 0 Å². The minimum absolute atomic E-state index is 0.170. The fourth-order valence-corrected chi connectivity index (χ4v) is 5.19. The maximum atomic E-state index is 11.7. The number of aliphatic hydroxyl groups excluding tert-OH is 1. The highest BCUT2D eigenvalue weighted by Crippen LogP contribution is 2.66. The molecule has 6 N–H and O–H groups in total. The van der Waals surface area contributed by atoms with Gasteiger partial charge in [0.15, 0.2) is 0 Å². The molecule has 160 valence electrons.